The van der Waals surface area contributed by atoms with Gasteiger partial charge in [0.15, 0.2) is 0 Å². The van der Waals surface area contributed by atoms with Gasteiger partial charge in [0.25, 0.3) is 0 Å². The topological polar surface area (TPSA) is 80.0 Å². The second-order valence-electron chi connectivity index (χ2n) is 5.23. The summed E-state index contributed by atoms with van der Waals surface area (Å²) >= 11 is 0. The van der Waals surface area contributed by atoms with E-state index in [1.807, 2.05) is 4.57 Å². The molecule has 1 amide bonds. The van der Waals surface area contributed by atoms with Crippen molar-refractivity contribution in [2.24, 2.45) is 5.92 Å². The fraction of sp³-hybridized carbons (Fsp3) is 0.750. The van der Waals surface area contributed by atoms with E-state index in [2.05, 4.69) is 15.5 Å². The van der Waals surface area contributed by atoms with Crippen molar-refractivity contribution in [1.82, 2.24) is 20.1 Å². The molecule has 1 heterocycles. The molecule has 98 valence electrons. The summed E-state index contributed by atoms with van der Waals surface area (Å²) in [4.78, 5) is 11.6. The third-order valence-corrected chi connectivity index (χ3v) is 3.58. The molecular weight excluding hydrogens is 232 g/mol. The van der Waals surface area contributed by atoms with Crippen molar-refractivity contribution >= 4 is 5.91 Å². The summed E-state index contributed by atoms with van der Waals surface area (Å²) in [5.41, 5.74) is 0. The molecular formula is C12H18N4O2. The minimum Gasteiger partial charge on any atom is -0.383 e. The molecule has 0 spiro atoms. The van der Waals surface area contributed by atoms with Crippen molar-refractivity contribution in [3.05, 3.63) is 12.2 Å². The Labute approximate surface area is 105 Å². The van der Waals surface area contributed by atoms with Crippen molar-refractivity contribution in [3.63, 3.8) is 0 Å². The number of carbonyl (C=O) groups is 1. The van der Waals surface area contributed by atoms with E-state index in [1.54, 1.807) is 6.33 Å². The van der Waals surface area contributed by atoms with Gasteiger partial charge < -0.3 is 15.0 Å². The number of rotatable bonds is 6. The number of aliphatic hydroxyl groups is 1. The molecule has 2 saturated carbocycles. The Morgan fingerprint density at radius 3 is 2.94 bits per heavy atom. The van der Waals surface area contributed by atoms with Crippen molar-refractivity contribution in [2.45, 2.75) is 44.2 Å². The standard InChI is InChI=1S/C12H18N4O2/c17-10(8-1-2-8)12(18)13-5-6-16-7-14-15-11(16)9-3-4-9/h7-10,17H,1-6H2,(H,13,18). The van der Waals surface area contributed by atoms with Gasteiger partial charge in [-0.05, 0) is 31.6 Å². The van der Waals surface area contributed by atoms with Crippen LogP contribution in [0.25, 0.3) is 0 Å². The summed E-state index contributed by atoms with van der Waals surface area (Å²) in [6, 6.07) is 0. The maximum absolute atomic E-state index is 11.6. The molecule has 1 unspecified atom stereocenters. The van der Waals surface area contributed by atoms with Crippen LogP contribution in [0.4, 0.5) is 0 Å². The summed E-state index contributed by atoms with van der Waals surface area (Å²) in [6.07, 6.45) is 5.18. The number of hydrogen-bond acceptors (Lipinski definition) is 4. The minimum atomic E-state index is -0.825. The molecule has 3 rings (SSSR count). The van der Waals surface area contributed by atoms with Gasteiger partial charge in [-0.15, -0.1) is 10.2 Å². The van der Waals surface area contributed by atoms with E-state index >= 15 is 0 Å². The van der Waals surface area contributed by atoms with Crippen LogP contribution in [0.1, 0.15) is 37.4 Å². The molecule has 1 atom stereocenters. The number of carbonyl (C=O) groups excluding carboxylic acids is 1. The second-order valence-corrected chi connectivity index (χ2v) is 5.23. The average Bonchev–Trinajstić information content (AvgIpc) is 3.27. The SMILES string of the molecule is O=C(NCCn1cnnc1C1CC1)C(O)C1CC1. The predicted molar refractivity (Wildman–Crippen MR) is 63.7 cm³/mol. The summed E-state index contributed by atoms with van der Waals surface area (Å²) < 4.78 is 1.99. The first kappa shape index (κ1) is 11.6. The van der Waals surface area contributed by atoms with Gasteiger partial charge in [0.2, 0.25) is 5.91 Å². The highest BCUT2D eigenvalue weighted by Gasteiger charge is 2.34. The zero-order valence-corrected chi connectivity index (χ0v) is 10.2. The molecule has 18 heavy (non-hydrogen) atoms. The molecule has 0 aliphatic heterocycles. The van der Waals surface area contributed by atoms with Gasteiger partial charge in [-0.2, -0.15) is 0 Å². The van der Waals surface area contributed by atoms with Crippen LogP contribution in [0, 0.1) is 5.92 Å². The molecule has 2 aliphatic rings. The molecule has 0 radical (unpaired) electrons. The van der Waals surface area contributed by atoms with Crippen LogP contribution in [0.3, 0.4) is 0 Å². The Balaban J connectivity index is 1.46. The van der Waals surface area contributed by atoms with E-state index in [-0.39, 0.29) is 11.8 Å². The molecule has 0 aromatic carbocycles. The zero-order chi connectivity index (χ0) is 12.5. The van der Waals surface area contributed by atoms with Crippen LogP contribution in [0.2, 0.25) is 0 Å². The molecule has 1 aromatic rings. The quantitative estimate of drug-likeness (QED) is 0.747. The van der Waals surface area contributed by atoms with Crippen LogP contribution < -0.4 is 5.32 Å². The third kappa shape index (κ3) is 2.53. The molecule has 2 aliphatic carbocycles. The zero-order valence-electron chi connectivity index (χ0n) is 10.2. The largest absolute Gasteiger partial charge is 0.383 e. The Morgan fingerprint density at radius 2 is 2.28 bits per heavy atom. The van der Waals surface area contributed by atoms with Gasteiger partial charge >= 0.3 is 0 Å². The first-order chi connectivity index (χ1) is 8.75. The van der Waals surface area contributed by atoms with E-state index in [1.165, 1.54) is 12.8 Å². The molecule has 0 bridgehead atoms. The van der Waals surface area contributed by atoms with Crippen LogP contribution in [0.15, 0.2) is 6.33 Å². The summed E-state index contributed by atoms with van der Waals surface area (Å²) in [7, 11) is 0. The number of nitrogens with zero attached hydrogens (tertiary/aromatic N) is 3. The Kier molecular flexibility index (Phi) is 3.03. The lowest BCUT2D eigenvalue weighted by Gasteiger charge is -2.11. The Morgan fingerprint density at radius 1 is 1.50 bits per heavy atom. The van der Waals surface area contributed by atoms with Crippen molar-refractivity contribution in [1.29, 1.82) is 0 Å². The predicted octanol–water partition coefficient (Wildman–Crippen LogP) is 0.0426. The highest BCUT2D eigenvalue weighted by molar-refractivity contribution is 5.81. The van der Waals surface area contributed by atoms with E-state index in [9.17, 15) is 9.90 Å². The fourth-order valence-corrected chi connectivity index (χ4v) is 2.12. The van der Waals surface area contributed by atoms with Crippen molar-refractivity contribution in [3.8, 4) is 0 Å². The monoisotopic (exact) mass is 250 g/mol. The fourth-order valence-electron chi connectivity index (χ4n) is 2.12. The van der Waals surface area contributed by atoms with E-state index in [0.717, 1.165) is 18.7 Å². The van der Waals surface area contributed by atoms with Crippen LogP contribution >= 0.6 is 0 Å². The Hall–Kier alpha value is -1.43. The molecule has 0 saturated heterocycles. The maximum atomic E-state index is 11.6. The van der Waals surface area contributed by atoms with E-state index in [4.69, 9.17) is 0 Å². The Bertz CT molecular complexity index is 437. The normalized spacial score (nSPS) is 20.7. The van der Waals surface area contributed by atoms with Crippen molar-refractivity contribution < 1.29 is 9.90 Å². The van der Waals surface area contributed by atoms with Crippen LogP contribution in [-0.4, -0.2) is 38.4 Å². The van der Waals surface area contributed by atoms with Gasteiger partial charge in [0.1, 0.15) is 18.3 Å². The lowest BCUT2D eigenvalue weighted by molar-refractivity contribution is -0.130. The van der Waals surface area contributed by atoms with Crippen LogP contribution in [0.5, 0.6) is 0 Å². The summed E-state index contributed by atoms with van der Waals surface area (Å²) in [5.74, 6) is 1.51. The molecule has 2 N–H and O–H groups in total. The van der Waals surface area contributed by atoms with Gasteiger partial charge in [0.05, 0.1) is 0 Å². The second kappa shape index (κ2) is 4.68. The highest BCUT2D eigenvalue weighted by Crippen LogP contribution is 2.38. The van der Waals surface area contributed by atoms with Gasteiger partial charge in [-0.3, -0.25) is 4.79 Å². The molecule has 2 fully saturated rings. The molecule has 6 nitrogen and oxygen atoms in total. The van der Waals surface area contributed by atoms with Gasteiger partial charge in [0, 0.05) is 19.0 Å². The van der Waals surface area contributed by atoms with Gasteiger partial charge in [-0.25, -0.2) is 0 Å². The lowest BCUT2D eigenvalue weighted by Crippen LogP contribution is -2.37. The highest BCUT2D eigenvalue weighted by atomic mass is 16.3. The number of hydrogen-bond donors (Lipinski definition) is 2. The summed E-state index contributed by atoms with van der Waals surface area (Å²) in [6.45, 7) is 1.18. The minimum absolute atomic E-state index is 0.182. The number of nitrogens with one attached hydrogen (secondary N) is 1. The third-order valence-electron chi connectivity index (χ3n) is 3.58. The first-order valence-corrected chi connectivity index (χ1v) is 6.59. The number of amides is 1. The van der Waals surface area contributed by atoms with Crippen LogP contribution in [-0.2, 0) is 11.3 Å². The van der Waals surface area contributed by atoms with Gasteiger partial charge in [-0.1, -0.05) is 0 Å². The summed E-state index contributed by atoms with van der Waals surface area (Å²) in [5, 5.41) is 20.4. The molecule has 6 heteroatoms. The van der Waals surface area contributed by atoms with E-state index < -0.39 is 6.10 Å². The van der Waals surface area contributed by atoms with E-state index in [0.29, 0.717) is 19.0 Å². The lowest BCUT2D eigenvalue weighted by atomic mass is 10.2. The van der Waals surface area contributed by atoms with Crippen molar-refractivity contribution in [2.75, 3.05) is 6.54 Å². The number of aromatic nitrogens is 3. The maximum Gasteiger partial charge on any atom is 0.249 e. The number of aliphatic hydroxyl groups excluding tert-OH is 1. The first-order valence-electron chi connectivity index (χ1n) is 6.59. The smallest absolute Gasteiger partial charge is 0.249 e. The molecule has 1 aromatic heterocycles. The average molecular weight is 250 g/mol.